The van der Waals surface area contributed by atoms with Crippen LogP contribution in [0.25, 0.3) is 10.6 Å². The molecule has 5 rings (SSSR count). The number of halogens is 1. The van der Waals surface area contributed by atoms with Gasteiger partial charge in [-0.3, -0.25) is 14.4 Å². The van der Waals surface area contributed by atoms with Crippen molar-refractivity contribution in [1.29, 1.82) is 0 Å². The topological polar surface area (TPSA) is 111 Å². The summed E-state index contributed by atoms with van der Waals surface area (Å²) in [5, 5.41) is 12.1. The van der Waals surface area contributed by atoms with Crippen LogP contribution in [0.15, 0.2) is 77.7 Å². The number of benzene rings is 3. The zero-order valence-corrected chi connectivity index (χ0v) is 21.2. The number of ether oxygens (including phenoxy) is 2. The molecule has 1 amide bonds. The minimum atomic E-state index is -3.99. The zero-order valence-electron chi connectivity index (χ0n) is 18.8. The Kier molecular flexibility index (Phi) is 6.52. The summed E-state index contributed by atoms with van der Waals surface area (Å²) in [4.78, 5) is 13.2. The van der Waals surface area contributed by atoms with E-state index in [1.807, 2.05) is 12.1 Å². The second-order valence-electron chi connectivity index (χ2n) is 7.70. The van der Waals surface area contributed by atoms with Gasteiger partial charge in [-0.2, -0.15) is 0 Å². The fraction of sp³-hybridized carbons (Fsp3) is 0.125. The molecule has 0 saturated heterocycles. The molecule has 0 radical (unpaired) electrons. The first-order valence-corrected chi connectivity index (χ1v) is 13.3. The van der Waals surface area contributed by atoms with E-state index < -0.39 is 22.0 Å². The first-order chi connectivity index (χ1) is 17.3. The van der Waals surface area contributed by atoms with Gasteiger partial charge in [-0.1, -0.05) is 41.1 Å². The highest BCUT2D eigenvalue weighted by Gasteiger charge is 2.38. The lowest BCUT2D eigenvalue weighted by Gasteiger charge is -2.34. The van der Waals surface area contributed by atoms with Crippen LogP contribution in [0.2, 0.25) is 5.02 Å². The molecule has 0 saturated carbocycles. The van der Waals surface area contributed by atoms with Crippen LogP contribution in [0.5, 0.6) is 11.5 Å². The number of carbonyl (C=O) groups is 1. The maximum absolute atomic E-state index is 13.5. The number of sulfonamides is 1. The van der Waals surface area contributed by atoms with Gasteiger partial charge in [-0.15, -0.1) is 10.2 Å². The van der Waals surface area contributed by atoms with Crippen molar-refractivity contribution in [2.45, 2.75) is 11.0 Å². The summed E-state index contributed by atoms with van der Waals surface area (Å²) in [6, 6.07) is 19.9. The number of methoxy groups -OCH3 is 1. The van der Waals surface area contributed by atoms with E-state index in [1.54, 1.807) is 43.5 Å². The number of amides is 1. The maximum Gasteiger partial charge on any atom is 0.269 e. The highest BCUT2D eigenvalue weighted by atomic mass is 35.5. The van der Waals surface area contributed by atoms with E-state index in [1.165, 1.54) is 35.6 Å². The van der Waals surface area contributed by atoms with Crippen LogP contribution >= 0.6 is 22.9 Å². The SMILES string of the molecule is COc1ccc(-c2nnc(NC(=O)C3CN(S(=O)(=O)c4ccccc4)c4cc(Cl)ccc4O3)s2)cc1. The maximum atomic E-state index is 13.5. The molecular formula is C24H19ClN4O5S2. The Bertz CT molecular complexity index is 1510. The molecule has 2 heterocycles. The van der Waals surface area contributed by atoms with E-state index in [-0.39, 0.29) is 28.0 Å². The van der Waals surface area contributed by atoms with Gasteiger partial charge in [0.05, 0.1) is 24.2 Å². The molecule has 1 atom stereocenters. The minimum absolute atomic E-state index is 0.0882. The van der Waals surface area contributed by atoms with Crippen molar-refractivity contribution in [3.63, 3.8) is 0 Å². The van der Waals surface area contributed by atoms with E-state index in [2.05, 4.69) is 15.5 Å². The van der Waals surface area contributed by atoms with Crippen LogP contribution in [-0.2, 0) is 14.8 Å². The third-order valence-electron chi connectivity index (χ3n) is 5.41. The van der Waals surface area contributed by atoms with Crippen molar-refractivity contribution < 1.29 is 22.7 Å². The number of carbonyl (C=O) groups excluding carboxylic acids is 1. The van der Waals surface area contributed by atoms with Crippen LogP contribution in [0.4, 0.5) is 10.8 Å². The Morgan fingerprint density at radius 2 is 1.86 bits per heavy atom. The number of anilines is 2. The lowest BCUT2D eigenvalue weighted by atomic mass is 10.2. The number of aromatic nitrogens is 2. The molecule has 184 valence electrons. The van der Waals surface area contributed by atoms with Crippen LogP contribution in [0.3, 0.4) is 0 Å². The fourth-order valence-electron chi connectivity index (χ4n) is 3.62. The summed E-state index contributed by atoms with van der Waals surface area (Å²) >= 11 is 7.32. The van der Waals surface area contributed by atoms with Gasteiger partial charge in [0.2, 0.25) is 5.13 Å². The first-order valence-electron chi connectivity index (χ1n) is 10.7. The predicted molar refractivity (Wildman–Crippen MR) is 137 cm³/mol. The molecule has 12 heteroatoms. The fourth-order valence-corrected chi connectivity index (χ4v) is 6.03. The summed E-state index contributed by atoms with van der Waals surface area (Å²) in [5.74, 6) is 0.380. The van der Waals surface area contributed by atoms with Crippen LogP contribution < -0.4 is 19.1 Å². The second-order valence-corrected chi connectivity index (χ2v) is 11.0. The van der Waals surface area contributed by atoms with Crippen molar-refractivity contribution in [1.82, 2.24) is 10.2 Å². The Morgan fingerprint density at radius 1 is 1.11 bits per heavy atom. The van der Waals surface area contributed by atoms with E-state index in [0.29, 0.717) is 15.8 Å². The quantitative estimate of drug-likeness (QED) is 0.383. The van der Waals surface area contributed by atoms with Crippen LogP contribution in [0.1, 0.15) is 0 Å². The number of fused-ring (bicyclic) bond motifs is 1. The molecule has 4 aromatic rings. The third-order valence-corrected chi connectivity index (χ3v) is 8.32. The molecule has 0 fully saturated rings. The number of nitrogens with one attached hydrogen (secondary N) is 1. The lowest BCUT2D eigenvalue weighted by molar-refractivity contribution is -0.122. The average molecular weight is 543 g/mol. The largest absolute Gasteiger partial charge is 0.497 e. The predicted octanol–water partition coefficient (Wildman–Crippen LogP) is 4.46. The number of rotatable bonds is 6. The second kappa shape index (κ2) is 9.76. The normalized spacial score (nSPS) is 15.1. The van der Waals surface area contributed by atoms with E-state index in [0.717, 1.165) is 9.87 Å². The van der Waals surface area contributed by atoms with Crippen LogP contribution in [-0.4, -0.2) is 44.3 Å². The molecule has 0 aliphatic carbocycles. The third kappa shape index (κ3) is 4.72. The van der Waals surface area contributed by atoms with Crippen molar-refractivity contribution in [3.8, 4) is 22.1 Å². The zero-order chi connectivity index (χ0) is 25.3. The monoisotopic (exact) mass is 542 g/mol. The summed E-state index contributed by atoms with van der Waals surface area (Å²) in [5.41, 5.74) is 1.07. The summed E-state index contributed by atoms with van der Waals surface area (Å²) < 4.78 is 39.1. The van der Waals surface area contributed by atoms with Gasteiger partial charge in [0.15, 0.2) is 6.10 Å². The molecular weight excluding hydrogens is 524 g/mol. The molecule has 9 nitrogen and oxygen atoms in total. The van der Waals surface area contributed by atoms with Crippen LogP contribution in [0, 0.1) is 0 Å². The lowest BCUT2D eigenvalue weighted by Crippen LogP contribution is -2.48. The smallest absolute Gasteiger partial charge is 0.269 e. The Morgan fingerprint density at radius 3 is 2.58 bits per heavy atom. The molecule has 1 aliphatic heterocycles. The number of hydrogen-bond acceptors (Lipinski definition) is 8. The standard InChI is InChI=1S/C24H19ClN4O5S2/c1-33-17-10-7-15(8-11-17)23-27-28-24(35-23)26-22(30)21-14-29(19-13-16(25)9-12-20(19)34-21)36(31,32)18-5-3-2-4-6-18/h2-13,21H,14H2,1H3,(H,26,28,30). The van der Waals surface area contributed by atoms with E-state index in [9.17, 15) is 13.2 Å². The minimum Gasteiger partial charge on any atom is -0.497 e. The number of hydrogen-bond donors (Lipinski definition) is 1. The average Bonchev–Trinajstić information content (AvgIpc) is 3.37. The molecule has 36 heavy (non-hydrogen) atoms. The van der Waals surface area contributed by atoms with Crippen molar-refractivity contribution in [2.24, 2.45) is 0 Å². The van der Waals surface area contributed by atoms with E-state index >= 15 is 0 Å². The molecule has 1 unspecified atom stereocenters. The highest BCUT2D eigenvalue weighted by Crippen LogP contribution is 2.39. The molecule has 3 aromatic carbocycles. The summed E-state index contributed by atoms with van der Waals surface area (Å²) in [7, 11) is -2.41. The van der Waals surface area contributed by atoms with Gasteiger partial charge in [0.1, 0.15) is 16.5 Å². The van der Waals surface area contributed by atoms with Crippen molar-refractivity contribution in [3.05, 3.63) is 77.8 Å². The molecule has 0 bridgehead atoms. The Labute approximate surface area is 216 Å². The van der Waals surface area contributed by atoms with Gasteiger partial charge in [0.25, 0.3) is 15.9 Å². The summed E-state index contributed by atoms with van der Waals surface area (Å²) in [6.45, 7) is -0.249. The van der Waals surface area contributed by atoms with Gasteiger partial charge in [-0.05, 0) is 54.6 Å². The van der Waals surface area contributed by atoms with Crippen molar-refractivity contribution in [2.75, 3.05) is 23.3 Å². The molecule has 1 N–H and O–H groups in total. The Hall–Kier alpha value is -3.67. The van der Waals surface area contributed by atoms with Gasteiger partial charge in [0, 0.05) is 10.6 Å². The summed E-state index contributed by atoms with van der Waals surface area (Å²) in [6.07, 6.45) is -1.13. The highest BCUT2D eigenvalue weighted by molar-refractivity contribution is 7.92. The molecule has 1 aromatic heterocycles. The molecule has 0 spiro atoms. The first kappa shape index (κ1) is 24.0. The Balaban J connectivity index is 1.40. The van der Waals surface area contributed by atoms with E-state index in [4.69, 9.17) is 21.1 Å². The van der Waals surface area contributed by atoms with Gasteiger partial charge >= 0.3 is 0 Å². The van der Waals surface area contributed by atoms with Gasteiger partial charge < -0.3 is 9.47 Å². The molecule has 1 aliphatic rings. The van der Waals surface area contributed by atoms with Crippen molar-refractivity contribution >= 4 is 49.7 Å². The van der Waals surface area contributed by atoms with Gasteiger partial charge in [-0.25, -0.2) is 8.42 Å². The number of nitrogens with zero attached hydrogens (tertiary/aromatic N) is 3.